The summed E-state index contributed by atoms with van der Waals surface area (Å²) < 4.78 is 5.43. The van der Waals surface area contributed by atoms with E-state index in [1.165, 1.54) is 6.08 Å². The molecule has 5 atom stereocenters. The molecule has 1 saturated carbocycles. The zero-order valence-electron chi connectivity index (χ0n) is 17.1. The lowest BCUT2D eigenvalue weighted by Crippen LogP contribution is -2.38. The Bertz CT molecular complexity index is 794. The van der Waals surface area contributed by atoms with E-state index in [4.69, 9.17) is 16.3 Å². The van der Waals surface area contributed by atoms with Crippen molar-refractivity contribution in [1.82, 2.24) is 0 Å². The summed E-state index contributed by atoms with van der Waals surface area (Å²) in [5.41, 5.74) is 1.89. The van der Waals surface area contributed by atoms with Crippen LogP contribution in [0.5, 0.6) is 5.75 Å². The van der Waals surface area contributed by atoms with Crippen molar-refractivity contribution in [2.75, 3.05) is 0 Å². The van der Waals surface area contributed by atoms with Crippen LogP contribution in [0.15, 0.2) is 60.4 Å². The number of aliphatic hydroxyl groups is 3. The van der Waals surface area contributed by atoms with Gasteiger partial charge in [-0.3, -0.25) is 0 Å². The number of halogens is 1. The lowest BCUT2D eigenvalue weighted by atomic mass is 9.89. The maximum atomic E-state index is 11.6. The van der Waals surface area contributed by atoms with Gasteiger partial charge in [0.15, 0.2) is 0 Å². The van der Waals surface area contributed by atoms with Crippen LogP contribution in [0.2, 0.25) is 0 Å². The van der Waals surface area contributed by atoms with Gasteiger partial charge < -0.3 is 25.2 Å². The molecular weight excluding hydrogens is 408 g/mol. The van der Waals surface area contributed by atoms with Gasteiger partial charge in [0.25, 0.3) is 5.06 Å². The van der Waals surface area contributed by atoms with Gasteiger partial charge in [0.1, 0.15) is 5.75 Å². The van der Waals surface area contributed by atoms with E-state index in [2.05, 4.69) is 5.73 Å². The topological polar surface area (TPSA) is 107 Å². The van der Waals surface area contributed by atoms with Gasteiger partial charge in [0.05, 0.1) is 17.8 Å². The molecule has 0 saturated heterocycles. The van der Waals surface area contributed by atoms with Crippen LogP contribution in [0.4, 0.5) is 0 Å². The van der Waals surface area contributed by atoms with Crippen LogP contribution in [-0.2, 0) is 4.79 Å². The number of aliphatic carboxylic acids is 1. The molecule has 7 heteroatoms. The van der Waals surface area contributed by atoms with Gasteiger partial charge >= 0.3 is 5.97 Å². The van der Waals surface area contributed by atoms with Crippen LogP contribution < -0.4 is 4.74 Å². The van der Waals surface area contributed by atoms with Crippen LogP contribution >= 0.6 is 11.6 Å². The second-order valence-electron chi connectivity index (χ2n) is 8.09. The number of aliphatic hydroxyl groups excluding tert-OH is 2. The zero-order valence-corrected chi connectivity index (χ0v) is 17.9. The number of ether oxygens (including phenoxy) is 1. The molecule has 0 aromatic heterocycles. The number of carbonyl (C=O) groups is 1. The molecule has 1 unspecified atom stereocenters. The monoisotopic (exact) mass is 436 g/mol. The fourth-order valence-corrected chi connectivity index (χ4v) is 3.54. The summed E-state index contributed by atoms with van der Waals surface area (Å²) in [7, 11) is 0. The zero-order chi connectivity index (χ0) is 22.4. The van der Waals surface area contributed by atoms with Gasteiger partial charge in [-0.15, -0.1) is 5.73 Å². The minimum atomic E-state index is -1.96. The highest BCUT2D eigenvalue weighted by Gasteiger charge is 2.40. The van der Waals surface area contributed by atoms with Crippen molar-refractivity contribution in [2.45, 2.75) is 56.0 Å². The Balaban J connectivity index is 2.03. The van der Waals surface area contributed by atoms with E-state index in [9.17, 15) is 25.2 Å². The predicted molar refractivity (Wildman–Crippen MR) is 114 cm³/mol. The Labute approximate surface area is 181 Å². The molecule has 0 spiro atoms. The number of carboxylic acids is 1. The summed E-state index contributed by atoms with van der Waals surface area (Å²) in [5, 5.41) is 37.8. The molecule has 6 nitrogen and oxygen atoms in total. The molecule has 2 rings (SSSR count). The number of alkyl halides is 1. The van der Waals surface area contributed by atoms with Crippen molar-refractivity contribution in [2.24, 2.45) is 11.8 Å². The van der Waals surface area contributed by atoms with Crippen LogP contribution in [0.3, 0.4) is 0 Å². The molecule has 1 aromatic rings. The highest BCUT2D eigenvalue weighted by atomic mass is 35.5. The van der Waals surface area contributed by atoms with E-state index in [-0.39, 0.29) is 24.7 Å². The van der Waals surface area contributed by atoms with Crippen molar-refractivity contribution in [1.29, 1.82) is 0 Å². The van der Waals surface area contributed by atoms with Gasteiger partial charge in [-0.2, -0.15) is 0 Å². The second kappa shape index (κ2) is 10.3. The third-order valence-corrected chi connectivity index (χ3v) is 5.37. The van der Waals surface area contributed by atoms with Crippen LogP contribution in [-0.4, -0.2) is 49.3 Å². The van der Waals surface area contributed by atoms with Crippen molar-refractivity contribution in [3.05, 3.63) is 60.4 Å². The average molecular weight is 437 g/mol. The largest absolute Gasteiger partial charge is 0.477 e. The van der Waals surface area contributed by atoms with E-state index in [1.54, 1.807) is 62.4 Å². The Morgan fingerprint density at radius 1 is 1.23 bits per heavy atom. The highest BCUT2D eigenvalue weighted by molar-refractivity contribution is 6.32. The average Bonchev–Trinajstić information content (AvgIpc) is 2.92. The first-order chi connectivity index (χ1) is 14.0. The number of carboxylic acid groups (broad SMARTS) is 1. The number of rotatable bonds is 9. The third kappa shape index (κ3) is 7.01. The molecule has 1 fully saturated rings. The molecule has 1 aromatic carbocycles. The smallest absolute Gasteiger partial charge is 0.364 e. The van der Waals surface area contributed by atoms with E-state index in [1.807, 2.05) is 0 Å². The standard InChI is InChI=1S/C23H29ClO6/c1-22(2,29)14-12-18-17(19(25)15-20(18)26)11-7-4-8-13-23(24,21(27)28)30-16-9-5-3-6-10-16/h3,5-10,12,14,17-20,25-26,29H,11,13,15H2,1-2H3,(H,27,28)/t4?,17-,18-,19+,20-,23?/m1/s1/i25+0,26+0,29+0. The summed E-state index contributed by atoms with van der Waals surface area (Å²) in [5.74, 6) is -1.49. The lowest BCUT2D eigenvalue weighted by Gasteiger charge is -2.22. The normalized spacial score (nSPS) is 26.1. The Morgan fingerprint density at radius 3 is 2.50 bits per heavy atom. The highest BCUT2D eigenvalue weighted by Crippen LogP contribution is 2.36. The fraction of sp³-hybridized carbons (Fsp3) is 0.478. The molecule has 164 valence electrons. The van der Waals surface area contributed by atoms with Gasteiger partial charge in [0.2, 0.25) is 0 Å². The number of benzene rings is 1. The Hall–Kier alpha value is -2.08. The molecule has 1 aliphatic rings. The fourth-order valence-electron chi connectivity index (χ4n) is 3.38. The first-order valence-corrected chi connectivity index (χ1v) is 10.2. The van der Waals surface area contributed by atoms with Gasteiger partial charge in [-0.25, -0.2) is 4.79 Å². The molecule has 4 N–H and O–H groups in total. The molecule has 0 bridgehead atoms. The van der Waals surface area contributed by atoms with Crippen molar-refractivity contribution >= 4 is 17.6 Å². The molecule has 0 amide bonds. The van der Waals surface area contributed by atoms with E-state index >= 15 is 0 Å². The molecule has 1 aliphatic carbocycles. The van der Waals surface area contributed by atoms with Crippen molar-refractivity contribution in [3.8, 4) is 5.75 Å². The van der Waals surface area contributed by atoms with Crippen molar-refractivity contribution < 1.29 is 30.0 Å². The maximum Gasteiger partial charge on any atom is 0.364 e. The lowest BCUT2D eigenvalue weighted by molar-refractivity contribution is -0.148. The summed E-state index contributed by atoms with van der Waals surface area (Å²) in [6, 6.07) is 8.45. The van der Waals surface area contributed by atoms with Gasteiger partial charge in [0, 0.05) is 18.8 Å². The van der Waals surface area contributed by atoms with Gasteiger partial charge in [-0.05, 0) is 50.5 Å². The third-order valence-electron chi connectivity index (χ3n) is 4.97. The SMILES string of the molecule is CC(C)([16OH])C=C[C@@H]1[C@@H](CC=C=CCC(Cl)(Oc2ccccc2)C(=O)O)[C@@H]([16OH])C[C@H]1[16OH]. The minimum absolute atomic E-state index is 0.118. The van der Waals surface area contributed by atoms with Crippen LogP contribution in [0.1, 0.15) is 33.1 Å². The number of hydrogen-bond donors (Lipinski definition) is 4. The molecule has 0 radical (unpaired) electrons. The Morgan fingerprint density at radius 2 is 1.90 bits per heavy atom. The van der Waals surface area contributed by atoms with E-state index in [0.717, 1.165) is 0 Å². The minimum Gasteiger partial charge on any atom is -0.477 e. The van der Waals surface area contributed by atoms with Gasteiger partial charge in [-0.1, -0.05) is 42.0 Å². The molecular formula is C23H29ClO6. The predicted octanol–water partition coefficient (Wildman–Crippen LogP) is 3.26. The number of para-hydroxylation sites is 1. The molecule has 30 heavy (non-hydrogen) atoms. The van der Waals surface area contributed by atoms with E-state index < -0.39 is 28.8 Å². The van der Waals surface area contributed by atoms with Crippen LogP contribution in [0, 0.1) is 11.8 Å². The van der Waals surface area contributed by atoms with E-state index in [0.29, 0.717) is 12.2 Å². The molecule has 0 aliphatic heterocycles. The summed E-state index contributed by atoms with van der Waals surface area (Å²) in [6.45, 7) is 3.27. The first kappa shape index (κ1) is 24.2. The first-order valence-electron chi connectivity index (χ1n) is 9.85. The van der Waals surface area contributed by atoms with Crippen LogP contribution in [0.25, 0.3) is 0 Å². The Kier molecular flexibility index (Phi) is 8.30. The summed E-state index contributed by atoms with van der Waals surface area (Å²) in [6.07, 6.45) is 5.71. The van der Waals surface area contributed by atoms with Crippen molar-refractivity contribution in [3.63, 3.8) is 0 Å². The second-order valence-corrected chi connectivity index (χ2v) is 8.70. The number of hydrogen-bond acceptors (Lipinski definition) is 5. The summed E-state index contributed by atoms with van der Waals surface area (Å²) in [4.78, 5) is 11.6. The quantitative estimate of drug-likeness (QED) is 0.269. The summed E-state index contributed by atoms with van der Waals surface area (Å²) >= 11 is 6.15. The maximum absolute atomic E-state index is 11.6. The molecule has 0 heterocycles.